The van der Waals surface area contributed by atoms with Gasteiger partial charge in [-0.2, -0.15) is 0 Å². The van der Waals surface area contributed by atoms with E-state index >= 15 is 0 Å². The van der Waals surface area contributed by atoms with E-state index in [-0.39, 0.29) is 11.4 Å². The number of benzene rings is 2. The van der Waals surface area contributed by atoms with Gasteiger partial charge < -0.3 is 10.8 Å². The predicted molar refractivity (Wildman–Crippen MR) is 99.1 cm³/mol. The molecule has 3 N–H and O–H groups in total. The number of rotatable bonds is 4. The standard InChI is InChI=1S/C18H14Cl2N2O3/c19-7-6-10-2-1-3-11(8-10)17(23)16-15(21)13-9-12(20)4-5-14(13)22(16)18(24)25/h1-5,8-9H,6-7,21H2,(H,24,25). The summed E-state index contributed by atoms with van der Waals surface area (Å²) in [5.74, 6) is -0.0446. The van der Waals surface area contributed by atoms with Crippen LogP contribution in [-0.4, -0.2) is 27.4 Å². The topological polar surface area (TPSA) is 85.3 Å². The maximum atomic E-state index is 13.0. The largest absolute Gasteiger partial charge is 0.464 e. The van der Waals surface area contributed by atoms with Crippen LogP contribution in [0, 0.1) is 0 Å². The number of hydrogen-bond acceptors (Lipinski definition) is 3. The summed E-state index contributed by atoms with van der Waals surface area (Å²) >= 11 is 11.7. The number of alkyl halides is 1. The molecule has 5 nitrogen and oxygen atoms in total. The second kappa shape index (κ2) is 6.78. The molecule has 2 aromatic carbocycles. The number of fused-ring (bicyclic) bond motifs is 1. The zero-order valence-electron chi connectivity index (χ0n) is 13.0. The highest BCUT2D eigenvalue weighted by molar-refractivity contribution is 6.32. The molecule has 0 amide bonds. The van der Waals surface area contributed by atoms with E-state index in [9.17, 15) is 14.7 Å². The number of nitrogen functional groups attached to an aromatic ring is 1. The molecule has 0 spiro atoms. The average molecular weight is 377 g/mol. The lowest BCUT2D eigenvalue weighted by Crippen LogP contribution is -2.17. The van der Waals surface area contributed by atoms with Crippen molar-refractivity contribution < 1.29 is 14.7 Å². The molecule has 3 rings (SSSR count). The molecular formula is C18H14Cl2N2O3. The summed E-state index contributed by atoms with van der Waals surface area (Å²) in [6.45, 7) is 0. The third-order valence-corrected chi connectivity index (χ3v) is 4.37. The van der Waals surface area contributed by atoms with E-state index in [0.717, 1.165) is 10.1 Å². The lowest BCUT2D eigenvalue weighted by Gasteiger charge is -2.07. The first-order valence-electron chi connectivity index (χ1n) is 7.46. The quantitative estimate of drug-likeness (QED) is 0.521. The van der Waals surface area contributed by atoms with Crippen LogP contribution in [0.5, 0.6) is 0 Å². The Balaban J connectivity index is 2.22. The minimum Gasteiger partial charge on any atom is -0.464 e. The van der Waals surface area contributed by atoms with Crippen LogP contribution in [-0.2, 0) is 6.42 Å². The van der Waals surface area contributed by atoms with Crippen LogP contribution in [0.15, 0.2) is 42.5 Å². The molecule has 1 aromatic heterocycles. The number of carbonyl (C=O) groups excluding carboxylic acids is 1. The third kappa shape index (κ3) is 3.08. The first-order valence-corrected chi connectivity index (χ1v) is 8.37. The van der Waals surface area contributed by atoms with Crippen LogP contribution < -0.4 is 5.73 Å². The van der Waals surface area contributed by atoms with Gasteiger partial charge in [-0.25, -0.2) is 9.36 Å². The lowest BCUT2D eigenvalue weighted by atomic mass is 10.0. The second-order valence-electron chi connectivity index (χ2n) is 5.51. The molecule has 128 valence electrons. The van der Waals surface area contributed by atoms with Gasteiger partial charge in [-0.15, -0.1) is 11.6 Å². The molecule has 7 heteroatoms. The number of anilines is 1. The summed E-state index contributed by atoms with van der Waals surface area (Å²) in [4.78, 5) is 24.7. The Bertz CT molecular complexity index is 995. The monoisotopic (exact) mass is 376 g/mol. The number of halogens is 2. The Morgan fingerprint density at radius 1 is 1.16 bits per heavy atom. The number of hydrogen-bond donors (Lipinski definition) is 2. The molecule has 25 heavy (non-hydrogen) atoms. The number of carboxylic acid groups (broad SMARTS) is 1. The van der Waals surface area contributed by atoms with Crippen molar-refractivity contribution in [2.24, 2.45) is 0 Å². The minimum atomic E-state index is -1.29. The highest BCUT2D eigenvalue weighted by Gasteiger charge is 2.25. The van der Waals surface area contributed by atoms with Crippen LogP contribution in [0.2, 0.25) is 5.02 Å². The Kier molecular flexibility index (Phi) is 4.70. The maximum absolute atomic E-state index is 13.0. The van der Waals surface area contributed by atoms with E-state index in [1.165, 1.54) is 6.07 Å². The fourth-order valence-electron chi connectivity index (χ4n) is 2.82. The number of nitrogens with zero attached hydrogens (tertiary/aromatic N) is 1. The summed E-state index contributed by atoms with van der Waals surface area (Å²) in [6.07, 6.45) is -0.681. The van der Waals surface area contributed by atoms with Crippen LogP contribution in [0.4, 0.5) is 10.5 Å². The molecule has 3 aromatic rings. The Morgan fingerprint density at radius 2 is 1.92 bits per heavy atom. The van der Waals surface area contributed by atoms with Gasteiger partial charge in [0.1, 0.15) is 5.69 Å². The first-order chi connectivity index (χ1) is 11.9. The summed E-state index contributed by atoms with van der Waals surface area (Å²) < 4.78 is 0.900. The van der Waals surface area contributed by atoms with Gasteiger partial charge in [0.25, 0.3) is 0 Å². The van der Waals surface area contributed by atoms with Crippen molar-refractivity contribution in [2.45, 2.75) is 6.42 Å². The summed E-state index contributed by atoms with van der Waals surface area (Å²) in [5.41, 5.74) is 7.65. The number of nitrogens with two attached hydrogens (primary N) is 1. The van der Waals surface area contributed by atoms with Crippen molar-refractivity contribution in [1.82, 2.24) is 4.57 Å². The van der Waals surface area contributed by atoms with Gasteiger partial charge >= 0.3 is 6.09 Å². The van der Waals surface area contributed by atoms with Gasteiger partial charge in [0.2, 0.25) is 5.78 Å². The van der Waals surface area contributed by atoms with Gasteiger partial charge in [0.05, 0.1) is 11.2 Å². The first kappa shape index (κ1) is 17.3. The average Bonchev–Trinajstić information content (AvgIpc) is 2.87. The minimum absolute atomic E-state index is 0.0900. The molecule has 1 heterocycles. The van der Waals surface area contributed by atoms with Crippen molar-refractivity contribution >= 4 is 51.7 Å². The summed E-state index contributed by atoms with van der Waals surface area (Å²) in [6, 6.07) is 11.5. The SMILES string of the molecule is Nc1c(C(=O)c2cccc(CCCl)c2)n(C(=O)O)c2ccc(Cl)cc12. The van der Waals surface area contributed by atoms with E-state index in [0.29, 0.717) is 33.8 Å². The number of aryl methyl sites for hydroxylation is 1. The molecule has 0 bridgehead atoms. The highest BCUT2D eigenvalue weighted by atomic mass is 35.5. The fraction of sp³-hybridized carbons (Fsp3) is 0.111. The molecule has 0 aliphatic rings. The third-order valence-electron chi connectivity index (χ3n) is 3.95. The van der Waals surface area contributed by atoms with Crippen molar-refractivity contribution in [3.8, 4) is 0 Å². The lowest BCUT2D eigenvalue weighted by molar-refractivity contribution is 0.102. The Morgan fingerprint density at radius 3 is 2.60 bits per heavy atom. The highest BCUT2D eigenvalue weighted by Crippen LogP contribution is 2.32. The summed E-state index contributed by atoms with van der Waals surface area (Å²) in [5, 5.41) is 10.4. The molecule has 0 aliphatic carbocycles. The second-order valence-corrected chi connectivity index (χ2v) is 6.32. The normalized spacial score (nSPS) is 11.0. The fourth-order valence-corrected chi connectivity index (χ4v) is 3.21. The van der Waals surface area contributed by atoms with Crippen molar-refractivity contribution in [3.05, 3.63) is 64.3 Å². The molecule has 0 fully saturated rings. The van der Waals surface area contributed by atoms with E-state index in [2.05, 4.69) is 0 Å². The van der Waals surface area contributed by atoms with Gasteiger partial charge in [-0.05, 0) is 36.2 Å². The summed E-state index contributed by atoms with van der Waals surface area (Å²) in [7, 11) is 0. The molecule has 0 aliphatic heterocycles. The van der Waals surface area contributed by atoms with Crippen molar-refractivity contribution in [3.63, 3.8) is 0 Å². The van der Waals surface area contributed by atoms with E-state index < -0.39 is 11.9 Å². The van der Waals surface area contributed by atoms with E-state index in [1.54, 1.807) is 30.3 Å². The Hall–Kier alpha value is -2.50. The zero-order chi connectivity index (χ0) is 18.1. The van der Waals surface area contributed by atoms with Gasteiger partial charge in [0, 0.05) is 21.9 Å². The molecule has 0 radical (unpaired) electrons. The van der Waals surface area contributed by atoms with Crippen molar-refractivity contribution in [2.75, 3.05) is 11.6 Å². The smallest absolute Gasteiger partial charge is 0.416 e. The van der Waals surface area contributed by atoms with Gasteiger partial charge in [-0.1, -0.05) is 29.8 Å². The van der Waals surface area contributed by atoms with E-state index in [1.807, 2.05) is 6.07 Å². The van der Waals surface area contributed by atoms with Crippen molar-refractivity contribution in [1.29, 1.82) is 0 Å². The molecular weight excluding hydrogens is 363 g/mol. The number of ketones is 1. The van der Waals surface area contributed by atoms with Crippen LogP contribution in [0.25, 0.3) is 10.9 Å². The zero-order valence-corrected chi connectivity index (χ0v) is 14.5. The van der Waals surface area contributed by atoms with Crippen LogP contribution >= 0.6 is 23.2 Å². The van der Waals surface area contributed by atoms with Gasteiger partial charge in [0.15, 0.2) is 0 Å². The number of carbonyl (C=O) groups is 2. The van der Waals surface area contributed by atoms with Crippen LogP contribution in [0.3, 0.4) is 0 Å². The Labute approximate surface area is 153 Å². The molecule has 0 saturated carbocycles. The predicted octanol–water partition coefficient (Wildman–Crippen LogP) is 4.42. The number of aromatic nitrogens is 1. The van der Waals surface area contributed by atoms with Crippen LogP contribution in [0.1, 0.15) is 21.6 Å². The maximum Gasteiger partial charge on any atom is 0.416 e. The van der Waals surface area contributed by atoms with Gasteiger partial charge in [-0.3, -0.25) is 4.79 Å². The molecule has 0 atom stereocenters. The molecule has 0 saturated heterocycles. The van der Waals surface area contributed by atoms with E-state index in [4.69, 9.17) is 28.9 Å². The molecule has 0 unspecified atom stereocenters.